The van der Waals surface area contributed by atoms with Gasteiger partial charge in [-0.1, -0.05) is 46.3 Å². The topological polar surface area (TPSA) is 65.1 Å². The zero-order valence-corrected chi connectivity index (χ0v) is 15.2. The second-order valence-corrected chi connectivity index (χ2v) is 6.67. The number of nitrogens with zero attached hydrogens (tertiary/aromatic N) is 2. The van der Waals surface area contributed by atoms with Crippen LogP contribution >= 0.6 is 15.9 Å². The maximum absolute atomic E-state index is 13.1. The van der Waals surface area contributed by atoms with Crippen molar-refractivity contribution in [2.24, 2.45) is 0 Å². The molecule has 6 heteroatoms. The number of aromatic nitrogens is 2. The van der Waals surface area contributed by atoms with E-state index < -0.39 is 5.56 Å². The van der Waals surface area contributed by atoms with E-state index in [-0.39, 0.29) is 23.1 Å². The molecule has 2 aromatic heterocycles. The van der Waals surface area contributed by atoms with Crippen molar-refractivity contribution < 1.29 is 4.42 Å². The molecule has 0 unspecified atom stereocenters. The van der Waals surface area contributed by atoms with Crippen LogP contribution in [0, 0.1) is 0 Å². The summed E-state index contributed by atoms with van der Waals surface area (Å²) >= 11 is 3.43. The minimum absolute atomic E-state index is 0.0361. The normalized spacial score (nSPS) is 11.1. The van der Waals surface area contributed by atoms with Crippen LogP contribution in [0.3, 0.4) is 0 Å². The highest BCUT2D eigenvalue weighted by molar-refractivity contribution is 9.10. The largest absolute Gasteiger partial charge is 0.437 e. The molecule has 4 rings (SSSR count). The fourth-order valence-corrected chi connectivity index (χ4v) is 3.33. The molecule has 26 heavy (non-hydrogen) atoms. The molecular weight excluding hydrogens is 396 g/mol. The fourth-order valence-electron chi connectivity index (χ4n) is 2.93. The summed E-state index contributed by atoms with van der Waals surface area (Å²) in [6.07, 6.45) is 1.60. The molecule has 0 bridgehead atoms. The van der Waals surface area contributed by atoms with Crippen molar-refractivity contribution in [3.8, 4) is 11.4 Å². The average Bonchev–Trinajstić information content (AvgIpc) is 2.64. The van der Waals surface area contributed by atoms with E-state index >= 15 is 0 Å². The molecule has 5 nitrogen and oxygen atoms in total. The highest BCUT2D eigenvalue weighted by Gasteiger charge is 2.18. The van der Waals surface area contributed by atoms with Gasteiger partial charge in [-0.05, 0) is 24.3 Å². The third kappa shape index (κ3) is 2.59. The summed E-state index contributed by atoms with van der Waals surface area (Å²) < 4.78 is 8.06. The molecule has 0 saturated carbocycles. The minimum Gasteiger partial charge on any atom is -0.437 e. The molecule has 128 valence electrons. The summed E-state index contributed by atoms with van der Waals surface area (Å²) in [7, 11) is 0. The zero-order valence-electron chi connectivity index (χ0n) is 13.6. The Morgan fingerprint density at radius 1 is 1.15 bits per heavy atom. The monoisotopic (exact) mass is 408 g/mol. The molecule has 2 aromatic carbocycles. The Balaban J connectivity index is 2.17. The van der Waals surface area contributed by atoms with E-state index in [9.17, 15) is 9.59 Å². The SMILES string of the molecule is C=CCn1c(-c2cccc(Br)c2)nc2oc3ccccc3c(=O)c2c1=O. The van der Waals surface area contributed by atoms with Crippen LogP contribution in [0.5, 0.6) is 0 Å². The van der Waals surface area contributed by atoms with E-state index in [2.05, 4.69) is 27.5 Å². The number of hydrogen-bond donors (Lipinski definition) is 0. The third-order valence-electron chi connectivity index (χ3n) is 4.10. The van der Waals surface area contributed by atoms with Gasteiger partial charge in [0.1, 0.15) is 11.4 Å². The van der Waals surface area contributed by atoms with Crippen LogP contribution in [0.4, 0.5) is 0 Å². The average molecular weight is 409 g/mol. The van der Waals surface area contributed by atoms with Gasteiger partial charge in [-0.3, -0.25) is 14.2 Å². The van der Waals surface area contributed by atoms with Crippen molar-refractivity contribution >= 4 is 38.0 Å². The Morgan fingerprint density at radius 2 is 1.96 bits per heavy atom. The highest BCUT2D eigenvalue weighted by atomic mass is 79.9. The first-order chi connectivity index (χ1) is 12.6. The number of rotatable bonds is 3. The minimum atomic E-state index is -0.440. The molecule has 0 saturated heterocycles. The quantitative estimate of drug-likeness (QED) is 0.377. The Bertz CT molecular complexity index is 1290. The third-order valence-corrected chi connectivity index (χ3v) is 4.59. The predicted molar refractivity (Wildman–Crippen MR) is 105 cm³/mol. The van der Waals surface area contributed by atoms with Crippen LogP contribution in [0.25, 0.3) is 33.5 Å². The maximum Gasteiger partial charge on any atom is 0.269 e. The summed E-state index contributed by atoms with van der Waals surface area (Å²) in [5.74, 6) is 0.419. The van der Waals surface area contributed by atoms with Crippen molar-refractivity contribution in [2.45, 2.75) is 6.54 Å². The molecule has 0 N–H and O–H groups in total. The van der Waals surface area contributed by atoms with E-state index in [1.807, 2.05) is 24.3 Å². The Kier molecular flexibility index (Phi) is 4.05. The number of para-hydroxylation sites is 1. The van der Waals surface area contributed by atoms with Crippen molar-refractivity contribution in [1.29, 1.82) is 0 Å². The molecule has 0 aliphatic heterocycles. The molecule has 4 aromatic rings. The van der Waals surface area contributed by atoms with E-state index in [0.29, 0.717) is 16.8 Å². The first-order valence-electron chi connectivity index (χ1n) is 7.93. The molecule has 0 fully saturated rings. The van der Waals surface area contributed by atoms with E-state index in [0.717, 1.165) is 10.0 Å². The van der Waals surface area contributed by atoms with E-state index in [4.69, 9.17) is 4.42 Å². The summed E-state index contributed by atoms with van der Waals surface area (Å²) in [6.45, 7) is 3.94. The van der Waals surface area contributed by atoms with Gasteiger partial charge in [-0.15, -0.1) is 6.58 Å². The van der Waals surface area contributed by atoms with Crippen LogP contribution < -0.4 is 11.0 Å². The van der Waals surface area contributed by atoms with Gasteiger partial charge in [0, 0.05) is 16.6 Å². The van der Waals surface area contributed by atoms with Gasteiger partial charge in [0.15, 0.2) is 5.39 Å². The van der Waals surface area contributed by atoms with Crippen LogP contribution in [-0.2, 0) is 6.54 Å². The maximum atomic E-state index is 13.1. The lowest BCUT2D eigenvalue weighted by atomic mass is 10.1. The molecule has 0 atom stereocenters. The van der Waals surface area contributed by atoms with Gasteiger partial charge in [-0.2, -0.15) is 4.98 Å². The fraction of sp³-hybridized carbons (Fsp3) is 0.0500. The number of fused-ring (bicyclic) bond motifs is 2. The Hall–Kier alpha value is -2.99. The van der Waals surface area contributed by atoms with Crippen LogP contribution in [0.2, 0.25) is 0 Å². The molecule has 2 heterocycles. The molecule has 0 aliphatic rings. The van der Waals surface area contributed by atoms with Crippen molar-refractivity contribution in [3.63, 3.8) is 0 Å². The van der Waals surface area contributed by atoms with Gasteiger partial charge in [0.05, 0.1) is 5.39 Å². The lowest BCUT2D eigenvalue weighted by molar-refractivity contribution is 0.636. The standard InChI is InChI=1S/C20H13BrN2O3/c1-2-10-23-18(12-6-5-7-13(21)11-12)22-19-16(20(23)25)17(24)14-8-3-4-9-15(14)26-19/h2-9,11H,1,10H2. The smallest absolute Gasteiger partial charge is 0.269 e. The summed E-state index contributed by atoms with van der Waals surface area (Å²) in [4.78, 5) is 30.4. The molecule has 0 radical (unpaired) electrons. The number of benzene rings is 2. The molecule has 0 spiro atoms. The second kappa shape index (κ2) is 6.38. The number of allylic oxidation sites excluding steroid dienone is 1. The highest BCUT2D eigenvalue weighted by Crippen LogP contribution is 2.23. The molecule has 0 amide bonds. The van der Waals surface area contributed by atoms with E-state index in [1.165, 1.54) is 4.57 Å². The van der Waals surface area contributed by atoms with Gasteiger partial charge in [-0.25, -0.2) is 0 Å². The van der Waals surface area contributed by atoms with Gasteiger partial charge in [0.25, 0.3) is 5.56 Å². The Morgan fingerprint density at radius 3 is 2.73 bits per heavy atom. The van der Waals surface area contributed by atoms with Gasteiger partial charge in [0.2, 0.25) is 11.1 Å². The summed E-state index contributed by atoms with van der Waals surface area (Å²) in [5.41, 5.74) is 0.353. The van der Waals surface area contributed by atoms with Crippen molar-refractivity contribution in [1.82, 2.24) is 9.55 Å². The van der Waals surface area contributed by atoms with Crippen molar-refractivity contribution in [3.05, 3.63) is 86.2 Å². The first-order valence-corrected chi connectivity index (χ1v) is 8.72. The molecule has 0 aliphatic carbocycles. The number of hydrogen-bond acceptors (Lipinski definition) is 4. The van der Waals surface area contributed by atoms with Crippen LogP contribution in [0.1, 0.15) is 0 Å². The summed E-state index contributed by atoms with van der Waals surface area (Å²) in [6, 6.07) is 14.3. The van der Waals surface area contributed by atoms with Gasteiger partial charge < -0.3 is 4.42 Å². The zero-order chi connectivity index (χ0) is 18.3. The van der Waals surface area contributed by atoms with Crippen LogP contribution in [-0.4, -0.2) is 9.55 Å². The van der Waals surface area contributed by atoms with E-state index in [1.54, 1.807) is 30.3 Å². The lowest BCUT2D eigenvalue weighted by Gasteiger charge is -2.12. The first kappa shape index (κ1) is 16.5. The van der Waals surface area contributed by atoms with Crippen LogP contribution in [0.15, 0.2) is 79.7 Å². The Labute approximate surface area is 156 Å². The molecular formula is C20H13BrN2O3. The lowest BCUT2D eigenvalue weighted by Crippen LogP contribution is -2.27. The predicted octanol–water partition coefficient (Wildman–Crippen LogP) is 4.12. The summed E-state index contributed by atoms with van der Waals surface area (Å²) in [5, 5.41) is 0.309. The van der Waals surface area contributed by atoms with Crippen molar-refractivity contribution in [2.75, 3.05) is 0 Å². The number of halogens is 1. The van der Waals surface area contributed by atoms with Gasteiger partial charge >= 0.3 is 0 Å². The second-order valence-electron chi connectivity index (χ2n) is 5.76.